The summed E-state index contributed by atoms with van der Waals surface area (Å²) in [5.74, 6) is 4.36. The van der Waals surface area contributed by atoms with Crippen molar-refractivity contribution in [3.05, 3.63) is 0 Å². The fourth-order valence-corrected chi connectivity index (χ4v) is 2.08. The van der Waals surface area contributed by atoms with Gasteiger partial charge in [-0.15, -0.1) is 6.42 Å². The molecule has 1 aliphatic rings. The molecular weight excluding hydrogens is 208 g/mol. The van der Waals surface area contributed by atoms with Crippen molar-refractivity contribution < 1.29 is 0 Å². The molecule has 2 heteroatoms. The number of terminal acetylenes is 1. The summed E-state index contributed by atoms with van der Waals surface area (Å²) in [5, 5.41) is 3.51. The monoisotopic (exact) mass is 236 g/mol. The molecule has 1 N–H and O–H groups in total. The van der Waals surface area contributed by atoms with E-state index in [0.29, 0.717) is 18.0 Å². The third kappa shape index (κ3) is 5.57. The molecule has 1 saturated carbocycles. The van der Waals surface area contributed by atoms with Gasteiger partial charge in [0.25, 0.3) is 0 Å². The quantitative estimate of drug-likeness (QED) is 0.651. The van der Waals surface area contributed by atoms with Crippen LogP contribution in [-0.4, -0.2) is 36.6 Å². The maximum Gasteiger partial charge on any atom is 0.0601 e. The molecule has 1 fully saturated rings. The Kier molecular flexibility index (Phi) is 6.02. The molecule has 0 bridgehead atoms. The van der Waals surface area contributed by atoms with Crippen LogP contribution in [0.3, 0.4) is 0 Å². The average molecular weight is 236 g/mol. The highest BCUT2D eigenvalue weighted by Crippen LogP contribution is 2.30. The van der Waals surface area contributed by atoms with Crippen molar-refractivity contribution in [1.82, 2.24) is 10.2 Å². The Morgan fingerprint density at radius 2 is 1.94 bits per heavy atom. The third-order valence-electron chi connectivity index (χ3n) is 3.73. The molecule has 0 heterocycles. The summed E-state index contributed by atoms with van der Waals surface area (Å²) in [6.45, 7) is 12.1. The van der Waals surface area contributed by atoms with E-state index in [4.69, 9.17) is 6.42 Å². The van der Waals surface area contributed by atoms with Crippen LogP contribution in [0.5, 0.6) is 0 Å². The van der Waals surface area contributed by atoms with Gasteiger partial charge in [0.15, 0.2) is 0 Å². The molecule has 2 nitrogen and oxygen atoms in total. The van der Waals surface area contributed by atoms with Gasteiger partial charge in [-0.25, -0.2) is 0 Å². The summed E-state index contributed by atoms with van der Waals surface area (Å²) in [5.41, 5.74) is 0. The minimum atomic E-state index is 0.564. The van der Waals surface area contributed by atoms with Crippen LogP contribution in [0.1, 0.15) is 40.5 Å². The number of hydrogen-bond donors (Lipinski definition) is 1. The van der Waals surface area contributed by atoms with Crippen molar-refractivity contribution in [3.63, 3.8) is 0 Å². The van der Waals surface area contributed by atoms with Crippen LogP contribution in [0.25, 0.3) is 0 Å². The van der Waals surface area contributed by atoms with Gasteiger partial charge >= 0.3 is 0 Å². The molecule has 0 saturated heterocycles. The van der Waals surface area contributed by atoms with Crippen molar-refractivity contribution in [2.45, 2.75) is 52.6 Å². The van der Waals surface area contributed by atoms with E-state index < -0.39 is 0 Å². The van der Waals surface area contributed by atoms with Crippen LogP contribution >= 0.6 is 0 Å². The second kappa shape index (κ2) is 7.03. The van der Waals surface area contributed by atoms with Crippen molar-refractivity contribution in [3.8, 4) is 12.3 Å². The number of hydrogen-bond acceptors (Lipinski definition) is 2. The number of nitrogens with zero attached hydrogens (tertiary/aromatic N) is 1. The standard InChI is InChI=1S/C15H28N2/c1-6-9-17(11-15-7-8-15)14(5)13(4)10-16-12(2)3/h1,12-16H,7-11H2,2-5H3. The lowest BCUT2D eigenvalue weighted by Gasteiger charge is -2.32. The predicted octanol–water partition coefficient (Wildman–Crippen LogP) is 2.35. The number of nitrogens with one attached hydrogen (secondary N) is 1. The van der Waals surface area contributed by atoms with E-state index in [1.54, 1.807) is 0 Å². The predicted molar refractivity (Wildman–Crippen MR) is 74.9 cm³/mol. The molecule has 17 heavy (non-hydrogen) atoms. The minimum Gasteiger partial charge on any atom is -0.314 e. The largest absolute Gasteiger partial charge is 0.314 e. The molecule has 0 aromatic rings. The molecule has 0 aromatic heterocycles. The van der Waals surface area contributed by atoms with Crippen LogP contribution in [0.4, 0.5) is 0 Å². The van der Waals surface area contributed by atoms with Gasteiger partial charge in [0, 0.05) is 18.6 Å². The van der Waals surface area contributed by atoms with E-state index in [-0.39, 0.29) is 0 Å². The third-order valence-corrected chi connectivity index (χ3v) is 3.73. The van der Waals surface area contributed by atoms with Crippen LogP contribution in [0.2, 0.25) is 0 Å². The fraction of sp³-hybridized carbons (Fsp3) is 0.867. The second-order valence-electron chi connectivity index (χ2n) is 5.86. The topological polar surface area (TPSA) is 15.3 Å². The Bertz CT molecular complexity index is 250. The Hall–Kier alpha value is -0.520. The zero-order valence-electron chi connectivity index (χ0n) is 11.9. The van der Waals surface area contributed by atoms with Crippen LogP contribution < -0.4 is 5.32 Å². The Labute approximate surface area is 107 Å². The Morgan fingerprint density at radius 3 is 2.41 bits per heavy atom. The van der Waals surface area contributed by atoms with Crippen molar-refractivity contribution in [2.75, 3.05) is 19.6 Å². The lowest BCUT2D eigenvalue weighted by molar-refractivity contribution is 0.170. The molecule has 2 atom stereocenters. The van der Waals surface area contributed by atoms with E-state index in [2.05, 4.69) is 43.8 Å². The van der Waals surface area contributed by atoms with Gasteiger partial charge in [0.05, 0.1) is 6.54 Å². The summed E-state index contributed by atoms with van der Waals surface area (Å²) in [4.78, 5) is 2.48. The van der Waals surface area contributed by atoms with Crippen LogP contribution in [-0.2, 0) is 0 Å². The molecule has 0 aliphatic heterocycles. The normalized spacial score (nSPS) is 19.4. The molecule has 0 spiro atoms. The highest BCUT2D eigenvalue weighted by atomic mass is 15.2. The summed E-state index contributed by atoms with van der Waals surface area (Å²) in [7, 11) is 0. The van der Waals surface area contributed by atoms with Crippen molar-refractivity contribution in [2.24, 2.45) is 11.8 Å². The molecule has 98 valence electrons. The molecule has 0 amide bonds. The highest BCUT2D eigenvalue weighted by molar-refractivity contribution is 4.92. The van der Waals surface area contributed by atoms with Gasteiger partial charge in [0.1, 0.15) is 0 Å². The second-order valence-corrected chi connectivity index (χ2v) is 5.86. The smallest absolute Gasteiger partial charge is 0.0601 e. The fourth-order valence-electron chi connectivity index (χ4n) is 2.08. The summed E-state index contributed by atoms with van der Waals surface area (Å²) < 4.78 is 0. The molecule has 1 rings (SSSR count). The SMILES string of the molecule is C#CCN(CC1CC1)C(C)C(C)CNC(C)C. The zero-order chi connectivity index (χ0) is 12.8. The summed E-state index contributed by atoms with van der Waals surface area (Å²) in [6.07, 6.45) is 8.27. The molecule has 1 aliphatic carbocycles. The van der Waals surface area contributed by atoms with Crippen molar-refractivity contribution >= 4 is 0 Å². The lowest BCUT2D eigenvalue weighted by Crippen LogP contribution is -2.43. The van der Waals surface area contributed by atoms with Crippen LogP contribution in [0, 0.1) is 24.2 Å². The van der Waals surface area contributed by atoms with Gasteiger partial charge < -0.3 is 5.32 Å². The van der Waals surface area contributed by atoms with Gasteiger partial charge in [0.2, 0.25) is 0 Å². The van der Waals surface area contributed by atoms with Gasteiger partial charge in [-0.1, -0.05) is 26.7 Å². The maximum absolute atomic E-state index is 5.48. The van der Waals surface area contributed by atoms with Gasteiger partial charge in [-0.05, 0) is 38.1 Å². The first-order valence-electron chi connectivity index (χ1n) is 6.95. The Balaban J connectivity index is 2.38. The Morgan fingerprint density at radius 1 is 1.29 bits per heavy atom. The van der Waals surface area contributed by atoms with Gasteiger partial charge in [-0.2, -0.15) is 0 Å². The lowest BCUT2D eigenvalue weighted by atomic mass is 10.0. The van der Waals surface area contributed by atoms with E-state index in [1.807, 2.05) is 0 Å². The van der Waals surface area contributed by atoms with Crippen LogP contribution in [0.15, 0.2) is 0 Å². The molecule has 0 radical (unpaired) electrons. The first kappa shape index (κ1) is 14.5. The molecule has 0 aromatic carbocycles. The van der Waals surface area contributed by atoms with Crippen molar-refractivity contribution in [1.29, 1.82) is 0 Å². The summed E-state index contributed by atoms with van der Waals surface area (Å²) >= 11 is 0. The number of rotatable bonds is 8. The first-order chi connectivity index (χ1) is 8.04. The summed E-state index contributed by atoms with van der Waals surface area (Å²) in [6, 6.07) is 1.13. The molecule has 2 unspecified atom stereocenters. The molecular formula is C15H28N2. The minimum absolute atomic E-state index is 0.564. The van der Waals surface area contributed by atoms with Gasteiger partial charge in [-0.3, -0.25) is 4.90 Å². The zero-order valence-corrected chi connectivity index (χ0v) is 11.9. The van der Waals surface area contributed by atoms with E-state index >= 15 is 0 Å². The first-order valence-corrected chi connectivity index (χ1v) is 6.95. The average Bonchev–Trinajstić information content (AvgIpc) is 3.08. The van der Waals surface area contributed by atoms with E-state index in [0.717, 1.165) is 19.0 Å². The van der Waals surface area contributed by atoms with E-state index in [9.17, 15) is 0 Å². The van der Waals surface area contributed by atoms with E-state index in [1.165, 1.54) is 19.4 Å². The maximum atomic E-state index is 5.48. The highest BCUT2D eigenvalue weighted by Gasteiger charge is 2.28.